The van der Waals surface area contributed by atoms with Crippen molar-refractivity contribution >= 4 is 11.0 Å². The first-order valence-electron chi connectivity index (χ1n) is 7.72. The molecular weight excluding hydrogens is 248 g/mol. The number of rotatable bonds is 5. The van der Waals surface area contributed by atoms with Crippen LogP contribution in [-0.2, 0) is 6.54 Å². The van der Waals surface area contributed by atoms with Gasteiger partial charge in [-0.3, -0.25) is 4.90 Å². The lowest BCUT2D eigenvalue weighted by atomic mass is 9.98. The normalized spacial score (nSPS) is 20.6. The average Bonchev–Trinajstić information content (AvgIpc) is 2.90. The number of piperidine rings is 1. The predicted molar refractivity (Wildman–Crippen MR) is 82.8 cm³/mol. The first-order valence-corrected chi connectivity index (χ1v) is 7.72. The van der Waals surface area contributed by atoms with Gasteiger partial charge in [-0.05, 0) is 45.5 Å². The number of fused-ring (bicyclic) bond motifs is 1. The molecule has 1 aromatic carbocycles. The molecule has 0 bridgehead atoms. The molecule has 1 unspecified atom stereocenters. The Kier molecular flexibility index (Phi) is 4.38. The molecule has 0 saturated carbocycles. The number of para-hydroxylation sites is 1. The summed E-state index contributed by atoms with van der Waals surface area (Å²) in [5, 5.41) is 4.55. The van der Waals surface area contributed by atoms with Crippen LogP contribution in [0.15, 0.2) is 34.9 Å². The van der Waals surface area contributed by atoms with Crippen molar-refractivity contribution in [3.05, 3.63) is 36.1 Å². The Morgan fingerprint density at radius 1 is 1.30 bits per heavy atom. The molecule has 1 atom stereocenters. The van der Waals surface area contributed by atoms with Gasteiger partial charge >= 0.3 is 0 Å². The van der Waals surface area contributed by atoms with Crippen LogP contribution in [0.5, 0.6) is 0 Å². The average molecular weight is 272 g/mol. The second-order valence-corrected chi connectivity index (χ2v) is 5.77. The molecule has 2 heterocycles. The largest absolute Gasteiger partial charge is 0.464 e. The highest BCUT2D eigenvalue weighted by Gasteiger charge is 2.22. The fraction of sp³-hybridized carbons (Fsp3) is 0.529. The first kappa shape index (κ1) is 13.7. The quantitative estimate of drug-likeness (QED) is 0.904. The van der Waals surface area contributed by atoms with Crippen molar-refractivity contribution in [2.75, 3.05) is 20.1 Å². The maximum Gasteiger partial charge on any atom is 0.134 e. The van der Waals surface area contributed by atoms with Crippen LogP contribution in [0.2, 0.25) is 0 Å². The zero-order valence-electron chi connectivity index (χ0n) is 12.3. The van der Waals surface area contributed by atoms with Gasteiger partial charge in [0.15, 0.2) is 0 Å². The van der Waals surface area contributed by atoms with E-state index in [1.165, 1.54) is 43.2 Å². The van der Waals surface area contributed by atoms with Crippen molar-refractivity contribution in [1.29, 1.82) is 0 Å². The van der Waals surface area contributed by atoms with E-state index in [-0.39, 0.29) is 0 Å². The molecule has 1 aromatic heterocycles. The molecular formula is C17H24N2O. The standard InChI is InChI=1S/C17H24N2O/c1-18-10-9-15-6-4-5-11-19(15)12-14-13-20-17-8-3-2-7-16(14)17/h2-3,7-8,13,15,18H,4-6,9-12H2,1H3. The molecule has 1 N–H and O–H groups in total. The molecule has 1 fully saturated rings. The van der Waals surface area contributed by atoms with E-state index in [0.717, 1.165) is 18.7 Å². The third-order valence-corrected chi connectivity index (χ3v) is 4.41. The smallest absolute Gasteiger partial charge is 0.134 e. The molecule has 1 saturated heterocycles. The van der Waals surface area contributed by atoms with Gasteiger partial charge in [-0.2, -0.15) is 0 Å². The molecule has 1 aliphatic rings. The summed E-state index contributed by atoms with van der Waals surface area (Å²) in [5.41, 5.74) is 2.34. The highest BCUT2D eigenvalue weighted by Crippen LogP contribution is 2.26. The third kappa shape index (κ3) is 2.89. The second kappa shape index (κ2) is 6.42. The number of furan rings is 1. The maximum atomic E-state index is 5.67. The second-order valence-electron chi connectivity index (χ2n) is 5.77. The van der Waals surface area contributed by atoms with E-state index in [1.54, 1.807) is 0 Å². The number of hydrogen-bond donors (Lipinski definition) is 1. The molecule has 0 aliphatic carbocycles. The van der Waals surface area contributed by atoms with Gasteiger partial charge in [0.05, 0.1) is 6.26 Å². The molecule has 20 heavy (non-hydrogen) atoms. The van der Waals surface area contributed by atoms with Crippen LogP contribution in [0, 0.1) is 0 Å². The van der Waals surface area contributed by atoms with Gasteiger partial charge in [0.1, 0.15) is 5.58 Å². The van der Waals surface area contributed by atoms with Crippen molar-refractivity contribution in [3.63, 3.8) is 0 Å². The van der Waals surface area contributed by atoms with E-state index in [4.69, 9.17) is 4.42 Å². The van der Waals surface area contributed by atoms with Gasteiger partial charge in [-0.25, -0.2) is 0 Å². The Morgan fingerprint density at radius 2 is 2.20 bits per heavy atom. The van der Waals surface area contributed by atoms with E-state index >= 15 is 0 Å². The van der Waals surface area contributed by atoms with Gasteiger partial charge < -0.3 is 9.73 Å². The van der Waals surface area contributed by atoms with Gasteiger partial charge in [0.2, 0.25) is 0 Å². The Balaban J connectivity index is 1.74. The van der Waals surface area contributed by atoms with E-state index in [1.807, 2.05) is 25.4 Å². The van der Waals surface area contributed by atoms with Crippen LogP contribution in [0.25, 0.3) is 11.0 Å². The van der Waals surface area contributed by atoms with Gasteiger partial charge in [0, 0.05) is 23.5 Å². The summed E-state index contributed by atoms with van der Waals surface area (Å²) in [4.78, 5) is 2.64. The van der Waals surface area contributed by atoms with Crippen molar-refractivity contribution in [3.8, 4) is 0 Å². The van der Waals surface area contributed by atoms with Crippen molar-refractivity contribution in [1.82, 2.24) is 10.2 Å². The number of benzene rings is 1. The van der Waals surface area contributed by atoms with Crippen molar-refractivity contribution in [2.24, 2.45) is 0 Å². The summed E-state index contributed by atoms with van der Waals surface area (Å²) in [6.07, 6.45) is 7.21. The lowest BCUT2D eigenvalue weighted by molar-refractivity contribution is 0.132. The van der Waals surface area contributed by atoms with E-state index < -0.39 is 0 Å². The molecule has 0 spiro atoms. The van der Waals surface area contributed by atoms with Gasteiger partial charge in [0.25, 0.3) is 0 Å². The molecule has 108 valence electrons. The number of likely N-dealkylation sites (tertiary alicyclic amines) is 1. The highest BCUT2D eigenvalue weighted by atomic mass is 16.3. The monoisotopic (exact) mass is 272 g/mol. The van der Waals surface area contributed by atoms with Crippen LogP contribution in [0.4, 0.5) is 0 Å². The Hall–Kier alpha value is -1.32. The maximum absolute atomic E-state index is 5.67. The van der Waals surface area contributed by atoms with Gasteiger partial charge in [-0.15, -0.1) is 0 Å². The Bertz CT molecular complexity index is 549. The van der Waals surface area contributed by atoms with Crippen molar-refractivity contribution < 1.29 is 4.42 Å². The topological polar surface area (TPSA) is 28.4 Å². The Morgan fingerprint density at radius 3 is 3.10 bits per heavy atom. The van der Waals surface area contributed by atoms with E-state index in [0.29, 0.717) is 6.04 Å². The fourth-order valence-electron chi connectivity index (χ4n) is 3.28. The van der Waals surface area contributed by atoms with Crippen molar-refractivity contribution in [2.45, 2.75) is 38.3 Å². The lowest BCUT2D eigenvalue weighted by Gasteiger charge is -2.35. The Labute approximate surface area is 120 Å². The minimum atomic E-state index is 0.713. The van der Waals surface area contributed by atoms with Crippen LogP contribution in [0.3, 0.4) is 0 Å². The van der Waals surface area contributed by atoms with Crippen LogP contribution in [0.1, 0.15) is 31.2 Å². The summed E-state index contributed by atoms with van der Waals surface area (Å²) in [5.74, 6) is 0. The molecule has 0 amide bonds. The summed E-state index contributed by atoms with van der Waals surface area (Å²) < 4.78 is 5.67. The summed E-state index contributed by atoms with van der Waals surface area (Å²) >= 11 is 0. The van der Waals surface area contributed by atoms with E-state index in [2.05, 4.69) is 22.3 Å². The zero-order valence-corrected chi connectivity index (χ0v) is 12.3. The summed E-state index contributed by atoms with van der Waals surface area (Å²) in [6.45, 7) is 3.34. The molecule has 2 aromatic rings. The number of nitrogens with zero attached hydrogens (tertiary/aromatic N) is 1. The van der Waals surface area contributed by atoms with Crippen LogP contribution in [-0.4, -0.2) is 31.1 Å². The minimum Gasteiger partial charge on any atom is -0.464 e. The fourth-order valence-corrected chi connectivity index (χ4v) is 3.28. The SMILES string of the molecule is CNCCC1CCCCN1Cc1coc2ccccc12. The molecule has 3 nitrogen and oxygen atoms in total. The first-order chi connectivity index (χ1) is 9.88. The van der Waals surface area contributed by atoms with E-state index in [9.17, 15) is 0 Å². The molecule has 3 rings (SSSR count). The minimum absolute atomic E-state index is 0.713. The molecule has 3 heteroatoms. The van der Waals surface area contributed by atoms with Crippen LogP contribution < -0.4 is 5.32 Å². The number of hydrogen-bond acceptors (Lipinski definition) is 3. The lowest BCUT2D eigenvalue weighted by Crippen LogP contribution is -2.40. The molecule has 0 radical (unpaired) electrons. The number of nitrogens with one attached hydrogen (secondary N) is 1. The van der Waals surface area contributed by atoms with Gasteiger partial charge in [-0.1, -0.05) is 24.6 Å². The van der Waals surface area contributed by atoms with Crippen LogP contribution >= 0.6 is 0 Å². The summed E-state index contributed by atoms with van der Waals surface area (Å²) in [6, 6.07) is 9.06. The predicted octanol–water partition coefficient (Wildman–Crippen LogP) is 3.40. The highest BCUT2D eigenvalue weighted by molar-refractivity contribution is 5.80. The zero-order chi connectivity index (χ0) is 13.8. The molecule has 1 aliphatic heterocycles. The summed E-state index contributed by atoms with van der Waals surface area (Å²) in [7, 11) is 2.04. The third-order valence-electron chi connectivity index (χ3n) is 4.41.